The van der Waals surface area contributed by atoms with E-state index in [1.807, 2.05) is 12.1 Å². The second kappa shape index (κ2) is 8.34. The van der Waals surface area contributed by atoms with Crippen molar-refractivity contribution in [2.24, 2.45) is 5.73 Å². The number of aromatic nitrogens is 2. The molecule has 152 valence electrons. The SMILES string of the molecule is CCCc1nc2ccc(-c3nc(C(=O)O)cs3)cc2c(-c2ccc(C)cc2)c1CN. The van der Waals surface area contributed by atoms with Crippen LogP contribution in [-0.2, 0) is 13.0 Å². The van der Waals surface area contributed by atoms with Gasteiger partial charge in [0.1, 0.15) is 5.01 Å². The highest BCUT2D eigenvalue weighted by Gasteiger charge is 2.17. The molecule has 0 unspecified atom stereocenters. The minimum Gasteiger partial charge on any atom is -0.476 e. The number of hydrogen-bond acceptors (Lipinski definition) is 5. The molecular weight excluding hydrogens is 394 g/mol. The topological polar surface area (TPSA) is 89.1 Å². The van der Waals surface area contributed by atoms with Gasteiger partial charge < -0.3 is 10.8 Å². The Kier molecular flexibility index (Phi) is 5.61. The quantitative estimate of drug-likeness (QED) is 0.436. The van der Waals surface area contributed by atoms with E-state index in [1.165, 1.54) is 16.9 Å². The first-order valence-corrected chi connectivity index (χ1v) is 10.8. The number of thiazole rings is 1. The van der Waals surface area contributed by atoms with Crippen molar-refractivity contribution in [1.29, 1.82) is 0 Å². The van der Waals surface area contributed by atoms with E-state index in [1.54, 1.807) is 5.38 Å². The van der Waals surface area contributed by atoms with Crippen LogP contribution in [0.1, 0.15) is 40.7 Å². The number of nitrogens with two attached hydrogens (primary N) is 1. The van der Waals surface area contributed by atoms with Crippen molar-refractivity contribution >= 4 is 28.2 Å². The summed E-state index contributed by atoms with van der Waals surface area (Å²) in [5, 5.41) is 12.4. The minimum absolute atomic E-state index is 0.0629. The Morgan fingerprint density at radius 1 is 1.10 bits per heavy atom. The van der Waals surface area contributed by atoms with Crippen molar-refractivity contribution in [1.82, 2.24) is 9.97 Å². The highest BCUT2D eigenvalue weighted by Crippen LogP contribution is 2.36. The zero-order valence-electron chi connectivity index (χ0n) is 17.0. The summed E-state index contributed by atoms with van der Waals surface area (Å²) in [6, 6.07) is 14.4. The maximum Gasteiger partial charge on any atom is 0.355 e. The summed E-state index contributed by atoms with van der Waals surface area (Å²) in [6.45, 7) is 4.62. The fourth-order valence-electron chi connectivity index (χ4n) is 3.70. The Labute approximate surface area is 179 Å². The van der Waals surface area contributed by atoms with Gasteiger partial charge in [-0.05, 0) is 48.2 Å². The molecule has 0 atom stereocenters. The first-order chi connectivity index (χ1) is 14.5. The third-order valence-corrected chi connectivity index (χ3v) is 6.06. The molecule has 3 N–H and O–H groups in total. The summed E-state index contributed by atoms with van der Waals surface area (Å²) in [7, 11) is 0. The van der Waals surface area contributed by atoms with E-state index in [9.17, 15) is 9.90 Å². The third-order valence-electron chi connectivity index (χ3n) is 5.17. The lowest BCUT2D eigenvalue weighted by Crippen LogP contribution is -2.07. The van der Waals surface area contributed by atoms with Crippen LogP contribution in [0.15, 0.2) is 47.8 Å². The maximum atomic E-state index is 11.2. The highest BCUT2D eigenvalue weighted by atomic mass is 32.1. The lowest BCUT2D eigenvalue weighted by Gasteiger charge is -2.17. The van der Waals surface area contributed by atoms with Crippen LogP contribution in [0.2, 0.25) is 0 Å². The van der Waals surface area contributed by atoms with E-state index in [4.69, 9.17) is 10.7 Å². The molecule has 0 bridgehead atoms. The van der Waals surface area contributed by atoms with Crippen LogP contribution >= 0.6 is 11.3 Å². The van der Waals surface area contributed by atoms with E-state index in [-0.39, 0.29) is 5.69 Å². The number of aryl methyl sites for hydroxylation is 2. The van der Waals surface area contributed by atoms with E-state index in [0.29, 0.717) is 11.6 Å². The molecule has 2 heterocycles. The summed E-state index contributed by atoms with van der Waals surface area (Å²) in [5.74, 6) is -1.02. The van der Waals surface area contributed by atoms with Gasteiger partial charge in [0, 0.05) is 28.6 Å². The molecule has 4 aromatic rings. The molecule has 6 heteroatoms. The molecule has 30 heavy (non-hydrogen) atoms. The summed E-state index contributed by atoms with van der Waals surface area (Å²) in [4.78, 5) is 20.4. The van der Waals surface area contributed by atoms with Gasteiger partial charge in [-0.3, -0.25) is 4.98 Å². The molecule has 0 aliphatic carbocycles. The average molecular weight is 418 g/mol. The van der Waals surface area contributed by atoms with Crippen LogP contribution < -0.4 is 5.73 Å². The Hall–Kier alpha value is -3.09. The van der Waals surface area contributed by atoms with Crippen molar-refractivity contribution in [2.75, 3.05) is 0 Å². The van der Waals surface area contributed by atoms with Gasteiger partial charge in [0.2, 0.25) is 0 Å². The summed E-state index contributed by atoms with van der Waals surface area (Å²) < 4.78 is 0. The normalized spacial score (nSPS) is 11.2. The van der Waals surface area contributed by atoms with Crippen LogP contribution in [0.4, 0.5) is 0 Å². The van der Waals surface area contributed by atoms with Crippen LogP contribution in [0, 0.1) is 6.92 Å². The molecule has 4 rings (SSSR count). The fourth-order valence-corrected chi connectivity index (χ4v) is 4.50. The van der Waals surface area contributed by atoms with Gasteiger partial charge in [0.25, 0.3) is 0 Å². The second-order valence-corrected chi connectivity index (χ2v) is 8.17. The molecule has 0 spiro atoms. The van der Waals surface area contributed by atoms with Crippen molar-refractivity contribution in [3.05, 3.63) is 70.4 Å². The van der Waals surface area contributed by atoms with Crippen molar-refractivity contribution in [3.8, 4) is 21.7 Å². The van der Waals surface area contributed by atoms with Gasteiger partial charge in [-0.2, -0.15) is 0 Å². The van der Waals surface area contributed by atoms with E-state index in [0.717, 1.165) is 51.7 Å². The zero-order valence-corrected chi connectivity index (χ0v) is 17.8. The van der Waals surface area contributed by atoms with E-state index < -0.39 is 5.97 Å². The average Bonchev–Trinajstić information content (AvgIpc) is 3.24. The van der Waals surface area contributed by atoms with Crippen LogP contribution in [-0.4, -0.2) is 21.0 Å². The molecule has 0 amide bonds. The summed E-state index contributed by atoms with van der Waals surface area (Å²) in [6.07, 6.45) is 1.87. The summed E-state index contributed by atoms with van der Waals surface area (Å²) in [5.41, 5.74) is 13.6. The molecule has 5 nitrogen and oxygen atoms in total. The van der Waals surface area contributed by atoms with Crippen LogP contribution in [0.25, 0.3) is 32.6 Å². The molecule has 0 aliphatic rings. The number of aromatic carboxylic acids is 1. The number of pyridine rings is 1. The van der Waals surface area contributed by atoms with Gasteiger partial charge in [-0.25, -0.2) is 9.78 Å². The van der Waals surface area contributed by atoms with Gasteiger partial charge in [0.05, 0.1) is 5.52 Å². The number of carbonyl (C=O) groups is 1. The fraction of sp³-hybridized carbons (Fsp3) is 0.208. The molecule has 0 saturated carbocycles. The molecule has 0 saturated heterocycles. The first-order valence-electron chi connectivity index (χ1n) is 9.93. The lowest BCUT2D eigenvalue weighted by atomic mass is 9.92. The number of rotatable bonds is 6. The Bertz CT molecular complexity index is 1230. The second-order valence-electron chi connectivity index (χ2n) is 7.31. The standard InChI is InChI=1S/C24H23N3O2S/c1-3-4-19-18(12-25)22(15-7-5-14(2)6-8-15)17-11-16(9-10-20(17)26-19)23-27-21(13-30-23)24(28)29/h5-11,13H,3-4,12,25H2,1-2H3,(H,28,29). The first kappa shape index (κ1) is 20.2. The third kappa shape index (κ3) is 3.72. The van der Waals surface area contributed by atoms with Crippen LogP contribution in [0.5, 0.6) is 0 Å². The number of carboxylic acids is 1. The molecule has 0 aliphatic heterocycles. The smallest absolute Gasteiger partial charge is 0.355 e. The summed E-state index contributed by atoms with van der Waals surface area (Å²) >= 11 is 1.33. The predicted octanol–water partition coefficient (Wildman–Crippen LogP) is 5.44. The number of carboxylic acid groups (broad SMARTS) is 1. The Morgan fingerprint density at radius 3 is 2.47 bits per heavy atom. The van der Waals surface area contributed by atoms with Crippen LogP contribution in [0.3, 0.4) is 0 Å². The number of nitrogens with zero attached hydrogens (tertiary/aromatic N) is 2. The van der Waals surface area contributed by atoms with Crippen molar-refractivity contribution in [3.63, 3.8) is 0 Å². The molecule has 2 aromatic heterocycles. The van der Waals surface area contributed by atoms with Crippen molar-refractivity contribution in [2.45, 2.75) is 33.2 Å². The molecule has 0 radical (unpaired) electrons. The molecular formula is C24H23N3O2S. The van der Waals surface area contributed by atoms with E-state index >= 15 is 0 Å². The minimum atomic E-state index is -1.02. The highest BCUT2D eigenvalue weighted by molar-refractivity contribution is 7.13. The largest absolute Gasteiger partial charge is 0.476 e. The number of benzene rings is 2. The molecule has 0 fully saturated rings. The Balaban J connectivity index is 1.99. The van der Waals surface area contributed by atoms with Gasteiger partial charge in [-0.1, -0.05) is 43.2 Å². The number of hydrogen-bond donors (Lipinski definition) is 2. The van der Waals surface area contributed by atoms with Gasteiger partial charge in [-0.15, -0.1) is 11.3 Å². The Morgan fingerprint density at radius 2 is 1.83 bits per heavy atom. The molecule has 2 aromatic carbocycles. The van der Waals surface area contributed by atoms with Crippen molar-refractivity contribution < 1.29 is 9.90 Å². The number of fused-ring (bicyclic) bond motifs is 1. The van der Waals surface area contributed by atoms with Gasteiger partial charge >= 0.3 is 5.97 Å². The van der Waals surface area contributed by atoms with E-state index in [2.05, 4.69) is 49.2 Å². The lowest BCUT2D eigenvalue weighted by molar-refractivity contribution is 0.0691. The maximum absolute atomic E-state index is 11.2. The van der Waals surface area contributed by atoms with Gasteiger partial charge in [0.15, 0.2) is 5.69 Å². The predicted molar refractivity (Wildman–Crippen MR) is 122 cm³/mol. The zero-order chi connectivity index (χ0) is 21.3. The monoisotopic (exact) mass is 417 g/mol.